The molecular weight excluding hydrogens is 769 g/mol. The zero-order valence-corrected chi connectivity index (χ0v) is 38.3. The second-order valence-electron chi connectivity index (χ2n) is 15.0. The van der Waals surface area contributed by atoms with Gasteiger partial charge in [0.05, 0.1) is 9.75 Å². The van der Waals surface area contributed by atoms with Crippen molar-refractivity contribution in [3.63, 3.8) is 0 Å². The third-order valence-corrected chi connectivity index (χ3v) is 17.9. The molecule has 290 valence electrons. The second-order valence-corrected chi connectivity index (χ2v) is 21.8. The lowest BCUT2D eigenvalue weighted by atomic mass is 10.1. The van der Waals surface area contributed by atoms with Gasteiger partial charge in [0.15, 0.2) is 0 Å². The van der Waals surface area contributed by atoms with E-state index in [1.807, 2.05) is 68.0 Å². The second kappa shape index (κ2) is 22.2. The Morgan fingerprint density at radius 3 is 0.907 bits per heavy atom. The fourth-order valence-corrected chi connectivity index (χ4v) is 14.3. The first-order chi connectivity index (χ1) is 26.6. The van der Waals surface area contributed by atoms with Gasteiger partial charge in [0.1, 0.15) is 0 Å². The summed E-state index contributed by atoms with van der Waals surface area (Å²) in [5, 5.41) is 0. The molecule has 0 aromatic carbocycles. The molecule has 6 rings (SSSR count). The van der Waals surface area contributed by atoms with Gasteiger partial charge in [-0.15, -0.1) is 68.0 Å². The van der Waals surface area contributed by atoms with E-state index in [2.05, 4.69) is 88.4 Å². The lowest BCUT2D eigenvalue weighted by Crippen LogP contribution is -1.80. The SMILES string of the molecule is CCCCCCc1ccc(-c2cc(-c3ccc(CCCCCC)s3)c(-c3sc(-c4ccc(CCCCCC)s4)cc3-c3ccc(CCCCCC)s3)s2)s1. The van der Waals surface area contributed by atoms with Crippen molar-refractivity contribution in [2.75, 3.05) is 0 Å². The Kier molecular flexibility index (Phi) is 17.2. The molecule has 0 aliphatic carbocycles. The Balaban J connectivity index is 1.38. The van der Waals surface area contributed by atoms with Crippen LogP contribution in [0.15, 0.2) is 60.7 Å². The molecule has 6 heterocycles. The van der Waals surface area contributed by atoms with E-state index in [9.17, 15) is 0 Å². The van der Waals surface area contributed by atoms with E-state index in [1.165, 1.54) is 198 Å². The summed E-state index contributed by atoms with van der Waals surface area (Å²) in [7, 11) is 0. The monoisotopic (exact) mass is 830 g/mol. The Morgan fingerprint density at radius 2 is 0.593 bits per heavy atom. The number of hydrogen-bond donors (Lipinski definition) is 0. The van der Waals surface area contributed by atoms with Crippen LogP contribution in [0.5, 0.6) is 0 Å². The van der Waals surface area contributed by atoms with Gasteiger partial charge in [0.25, 0.3) is 0 Å². The summed E-state index contributed by atoms with van der Waals surface area (Å²) in [4.78, 5) is 17.7. The highest BCUT2D eigenvalue weighted by molar-refractivity contribution is 7.30. The smallest absolute Gasteiger partial charge is 0.0542 e. The minimum absolute atomic E-state index is 1.20. The Hall–Kier alpha value is -1.80. The van der Waals surface area contributed by atoms with Crippen molar-refractivity contribution in [1.82, 2.24) is 0 Å². The molecule has 0 N–H and O–H groups in total. The molecular formula is C48H62S6. The van der Waals surface area contributed by atoms with Gasteiger partial charge in [0, 0.05) is 59.9 Å². The predicted molar refractivity (Wildman–Crippen MR) is 252 cm³/mol. The molecule has 0 saturated carbocycles. The van der Waals surface area contributed by atoms with Gasteiger partial charge in [0.2, 0.25) is 0 Å². The van der Waals surface area contributed by atoms with Crippen molar-refractivity contribution in [2.24, 2.45) is 0 Å². The zero-order valence-electron chi connectivity index (χ0n) is 33.4. The Bertz CT molecular complexity index is 1810. The molecule has 0 fully saturated rings. The largest absolute Gasteiger partial charge is 0.140 e. The fraction of sp³-hybridized carbons (Fsp3) is 0.500. The third-order valence-electron chi connectivity index (χ3n) is 10.4. The molecule has 6 aromatic heterocycles. The minimum atomic E-state index is 1.20. The summed E-state index contributed by atoms with van der Waals surface area (Å²) in [6.07, 6.45) is 25.9. The maximum Gasteiger partial charge on any atom is 0.0542 e. The van der Waals surface area contributed by atoms with E-state index in [0.717, 1.165) is 0 Å². The van der Waals surface area contributed by atoms with Gasteiger partial charge in [-0.25, -0.2) is 0 Å². The molecule has 0 bridgehead atoms. The van der Waals surface area contributed by atoms with Crippen LogP contribution in [0.1, 0.15) is 150 Å². The van der Waals surface area contributed by atoms with Crippen LogP contribution >= 0.6 is 68.0 Å². The van der Waals surface area contributed by atoms with Crippen molar-refractivity contribution in [2.45, 2.75) is 156 Å². The first-order valence-electron chi connectivity index (χ1n) is 21.2. The molecule has 0 amide bonds. The molecule has 0 aliphatic rings. The topological polar surface area (TPSA) is 0 Å². The van der Waals surface area contributed by atoms with Gasteiger partial charge < -0.3 is 0 Å². The number of thiophene rings is 6. The highest BCUT2D eigenvalue weighted by atomic mass is 32.1. The molecule has 6 heteroatoms. The van der Waals surface area contributed by atoms with E-state index in [1.54, 1.807) is 0 Å². The fourth-order valence-electron chi connectivity index (χ4n) is 7.24. The van der Waals surface area contributed by atoms with Gasteiger partial charge in [-0.2, -0.15) is 0 Å². The number of hydrogen-bond acceptors (Lipinski definition) is 6. The molecule has 0 radical (unpaired) electrons. The van der Waals surface area contributed by atoms with Crippen molar-refractivity contribution < 1.29 is 0 Å². The van der Waals surface area contributed by atoms with E-state index >= 15 is 0 Å². The average Bonchev–Trinajstić information content (AvgIpc) is 4.03. The Morgan fingerprint density at radius 1 is 0.296 bits per heavy atom. The molecule has 6 aromatic rings. The van der Waals surface area contributed by atoms with E-state index in [-0.39, 0.29) is 0 Å². The summed E-state index contributed by atoms with van der Waals surface area (Å²) >= 11 is 12.2. The highest BCUT2D eigenvalue weighted by Crippen LogP contribution is 2.54. The summed E-state index contributed by atoms with van der Waals surface area (Å²) < 4.78 is 0. The molecule has 0 unspecified atom stereocenters. The van der Waals surface area contributed by atoms with Crippen molar-refractivity contribution in [3.05, 3.63) is 80.2 Å². The van der Waals surface area contributed by atoms with Crippen LogP contribution in [0.4, 0.5) is 0 Å². The number of unbranched alkanes of at least 4 members (excludes halogenated alkanes) is 12. The lowest BCUT2D eigenvalue weighted by molar-refractivity contribution is 0.670. The molecule has 0 spiro atoms. The van der Waals surface area contributed by atoms with Crippen molar-refractivity contribution >= 4 is 68.0 Å². The van der Waals surface area contributed by atoms with Gasteiger partial charge >= 0.3 is 0 Å². The zero-order chi connectivity index (χ0) is 37.5. The van der Waals surface area contributed by atoms with Crippen LogP contribution in [0.25, 0.3) is 50.1 Å². The summed E-state index contributed by atoms with van der Waals surface area (Å²) in [5.41, 5.74) is 2.87. The Labute approximate surface area is 351 Å². The first kappa shape index (κ1) is 41.8. The molecule has 0 aliphatic heterocycles. The number of rotatable bonds is 25. The van der Waals surface area contributed by atoms with Crippen molar-refractivity contribution in [3.8, 4) is 50.1 Å². The highest BCUT2D eigenvalue weighted by Gasteiger charge is 2.24. The van der Waals surface area contributed by atoms with E-state index in [0.29, 0.717) is 0 Å². The van der Waals surface area contributed by atoms with Gasteiger partial charge in [-0.05, 0) is 112 Å². The minimum Gasteiger partial charge on any atom is -0.140 e. The summed E-state index contributed by atoms with van der Waals surface area (Å²) in [6.45, 7) is 9.23. The van der Waals surface area contributed by atoms with E-state index in [4.69, 9.17) is 0 Å². The van der Waals surface area contributed by atoms with Crippen LogP contribution in [-0.4, -0.2) is 0 Å². The molecule has 0 saturated heterocycles. The van der Waals surface area contributed by atoms with Crippen LogP contribution in [0.2, 0.25) is 0 Å². The van der Waals surface area contributed by atoms with Crippen LogP contribution in [0, 0.1) is 0 Å². The third kappa shape index (κ3) is 11.6. The van der Waals surface area contributed by atoms with Gasteiger partial charge in [-0.1, -0.05) is 105 Å². The molecule has 54 heavy (non-hydrogen) atoms. The normalized spacial score (nSPS) is 11.7. The van der Waals surface area contributed by atoms with Crippen LogP contribution in [0.3, 0.4) is 0 Å². The standard InChI is InChI=1S/C48H62S6/c1-5-9-13-17-21-35-25-29-41(49-35)39-33-45(43-31-27-37(51-43)23-19-15-11-7-3)53-47(39)48-40(42-30-26-36(50-42)22-18-14-10-6-2)34-46(54-48)44-32-28-38(52-44)24-20-16-12-8-4/h25-34H,5-24H2,1-4H3. The maximum absolute atomic E-state index is 2.55. The van der Waals surface area contributed by atoms with Gasteiger partial charge in [-0.3, -0.25) is 0 Å². The summed E-state index contributed by atoms with van der Waals surface area (Å²) in [6, 6.07) is 24.4. The predicted octanol–water partition coefficient (Wildman–Crippen LogP) is 18.9. The number of aryl methyl sites for hydroxylation is 4. The maximum atomic E-state index is 2.55. The van der Waals surface area contributed by atoms with Crippen molar-refractivity contribution in [1.29, 1.82) is 0 Å². The van der Waals surface area contributed by atoms with E-state index < -0.39 is 0 Å². The molecule has 0 atom stereocenters. The average molecular weight is 831 g/mol. The quantitative estimate of drug-likeness (QED) is 0.0504. The van der Waals surface area contributed by atoms with Crippen LogP contribution in [-0.2, 0) is 25.7 Å². The van der Waals surface area contributed by atoms with Crippen LogP contribution < -0.4 is 0 Å². The summed E-state index contributed by atoms with van der Waals surface area (Å²) in [5.74, 6) is 0. The first-order valence-corrected chi connectivity index (χ1v) is 26.1. The molecule has 0 nitrogen and oxygen atoms in total. The lowest BCUT2D eigenvalue weighted by Gasteiger charge is -2.04.